The number of rotatable bonds is 9. The quantitative estimate of drug-likeness (QED) is 0.155. The molecule has 0 radical (unpaired) electrons. The van der Waals surface area contributed by atoms with Gasteiger partial charge in [-0.15, -0.1) is 0 Å². The molecule has 4 heterocycles. The number of halogens is 3. The van der Waals surface area contributed by atoms with Gasteiger partial charge < -0.3 is 28.9 Å². The van der Waals surface area contributed by atoms with Gasteiger partial charge in [0.05, 0.1) is 22.7 Å². The van der Waals surface area contributed by atoms with E-state index in [2.05, 4.69) is 288 Å². The highest BCUT2D eigenvalue weighted by Crippen LogP contribution is 2.55. The maximum absolute atomic E-state index is 13.9. The number of hydrogen-bond acceptors (Lipinski definition) is 6. The van der Waals surface area contributed by atoms with Crippen molar-refractivity contribution in [1.29, 1.82) is 0 Å². The first-order valence-corrected chi connectivity index (χ1v) is 34.1. The van der Waals surface area contributed by atoms with E-state index >= 15 is 0 Å². The van der Waals surface area contributed by atoms with E-state index in [1.807, 2.05) is 66.7 Å². The van der Waals surface area contributed by atoms with Crippen molar-refractivity contribution in [1.82, 2.24) is 0 Å². The average Bonchev–Trinajstić information content (AvgIpc) is 1.61. The highest BCUT2D eigenvalue weighted by atomic mass is 79.9. The van der Waals surface area contributed by atoms with E-state index in [-0.39, 0.29) is 22.5 Å². The zero-order valence-electron chi connectivity index (χ0n) is 55.0. The predicted molar refractivity (Wildman–Crippen MR) is 410 cm³/mol. The maximum Gasteiger partial charge on any atom is 0.143 e. The van der Waals surface area contributed by atoms with Gasteiger partial charge in [-0.1, -0.05) is 213 Å². The van der Waals surface area contributed by atoms with Gasteiger partial charge in [-0.2, -0.15) is 0 Å². The van der Waals surface area contributed by atoms with Gasteiger partial charge in [0.1, 0.15) is 34.0 Å². The van der Waals surface area contributed by atoms with Crippen molar-refractivity contribution >= 4 is 122 Å². The molecule has 2 aliphatic rings. The van der Waals surface area contributed by atoms with Crippen molar-refractivity contribution in [2.75, 3.05) is 20.0 Å². The number of hydrogen-bond donors (Lipinski definition) is 1. The Kier molecular flexibility index (Phi) is 16.1. The van der Waals surface area contributed by atoms with Crippen molar-refractivity contribution < 1.29 is 17.6 Å². The van der Waals surface area contributed by atoms with E-state index < -0.39 is 0 Å². The first kappa shape index (κ1) is 62.1. The molecule has 14 aromatic carbocycles. The van der Waals surface area contributed by atoms with Gasteiger partial charge in [0.25, 0.3) is 0 Å². The van der Waals surface area contributed by atoms with Crippen LogP contribution in [0.25, 0.3) is 66.1 Å². The number of para-hydroxylation sites is 8. The summed E-state index contributed by atoms with van der Waals surface area (Å²) in [6.07, 6.45) is 0. The van der Waals surface area contributed by atoms with E-state index in [0.29, 0.717) is 0 Å². The summed E-state index contributed by atoms with van der Waals surface area (Å²) in [6, 6.07) is 111. The summed E-state index contributed by atoms with van der Waals surface area (Å²) in [7, 11) is 0. The minimum atomic E-state index is -0.260. The number of anilines is 11. The molecule has 0 amide bonds. The Morgan fingerprint density at radius 1 is 0.333 bits per heavy atom. The Morgan fingerprint density at radius 2 is 0.667 bits per heavy atom. The van der Waals surface area contributed by atoms with Gasteiger partial charge in [0, 0.05) is 87.8 Å². The molecule has 0 unspecified atom stereocenters. The lowest BCUT2D eigenvalue weighted by atomic mass is 9.73. The van der Waals surface area contributed by atoms with Crippen molar-refractivity contribution in [2.45, 2.75) is 38.5 Å². The Balaban J connectivity index is 0.000000140. The second kappa shape index (κ2) is 25.7. The number of nitrogens with zero attached hydrogens (tertiary/aromatic N) is 3. The first-order valence-electron chi connectivity index (χ1n) is 33.3. The smallest absolute Gasteiger partial charge is 0.143 e. The Hall–Kier alpha value is -11.8. The molecule has 18 rings (SSSR count). The second-order valence-electron chi connectivity index (χ2n) is 26.1. The third-order valence-corrected chi connectivity index (χ3v) is 19.8. The largest absolute Gasteiger partial charge is 0.455 e. The van der Waals surface area contributed by atoms with Gasteiger partial charge in [-0.25, -0.2) is 8.78 Å². The molecular weight excluding hydrogens is 1290 g/mol. The minimum Gasteiger partial charge on any atom is -0.455 e. The third kappa shape index (κ3) is 11.5. The van der Waals surface area contributed by atoms with E-state index in [0.717, 1.165) is 110 Å². The van der Waals surface area contributed by atoms with Crippen molar-refractivity contribution in [2.24, 2.45) is 0 Å². The van der Waals surface area contributed by atoms with Crippen LogP contribution in [0, 0.1) is 11.6 Å². The molecule has 16 aromatic rings. The molecule has 0 spiro atoms. The van der Waals surface area contributed by atoms with Crippen LogP contribution in [0.2, 0.25) is 0 Å². The molecule has 2 aromatic heterocycles. The monoisotopic (exact) mass is 1350 g/mol. The van der Waals surface area contributed by atoms with Crippen LogP contribution in [0.4, 0.5) is 71.3 Å². The van der Waals surface area contributed by atoms with Crippen molar-refractivity contribution in [3.63, 3.8) is 0 Å². The number of fused-ring (bicyclic) bond motifs is 10. The van der Waals surface area contributed by atoms with Crippen LogP contribution in [0.3, 0.4) is 0 Å². The van der Waals surface area contributed by atoms with Crippen LogP contribution in [0.5, 0.6) is 0 Å². The molecule has 0 saturated heterocycles. The highest BCUT2D eigenvalue weighted by Gasteiger charge is 2.39. The van der Waals surface area contributed by atoms with Crippen LogP contribution in [-0.4, -0.2) is 0 Å². The standard InChI is InChI=1S/C45H33FN2O.C39H30N2O.C6H4BrF/c1-45(2)39-15-7-9-17-41(39)48(42-18-10-8-16-40(42)45)35-28-37(44-38(29-35)36-14-6-11-19-43(36)49-44)30-20-24-33(25-21-30)47(32-12-4-3-5-13-32)34-26-22-31(46)23-27-34;1-39(2)33-15-7-9-17-35(33)41(36-18-10-8-16-34(36)39)29-24-31(38-32(25-29)30-14-6-11-19-37(30)42-38)26-20-22-28(23-21-26)40-27-12-4-3-5-13-27;7-5-1-3-6(8)4-2-5/h3-29H,1-2H3;3-25,40H,1-2H3;1-4H. The Morgan fingerprint density at radius 3 is 1.09 bits per heavy atom. The molecule has 0 aliphatic carbocycles. The minimum absolute atomic E-state index is 0.111. The summed E-state index contributed by atoms with van der Waals surface area (Å²) in [5.74, 6) is -0.461. The van der Waals surface area contributed by atoms with Gasteiger partial charge in [0.2, 0.25) is 0 Å². The predicted octanol–water partition coefficient (Wildman–Crippen LogP) is 26.7. The zero-order valence-corrected chi connectivity index (χ0v) is 56.6. The van der Waals surface area contributed by atoms with E-state index in [1.165, 1.54) is 69.3 Å². The Labute approximate surface area is 583 Å². The summed E-state index contributed by atoms with van der Waals surface area (Å²) in [6.45, 7) is 9.27. The summed E-state index contributed by atoms with van der Waals surface area (Å²) >= 11 is 3.18. The van der Waals surface area contributed by atoms with Gasteiger partial charge in [-0.3, -0.25) is 0 Å². The molecule has 0 atom stereocenters. The zero-order chi connectivity index (χ0) is 67.4. The fourth-order valence-corrected chi connectivity index (χ4v) is 14.7. The fourth-order valence-electron chi connectivity index (χ4n) is 14.5. The van der Waals surface area contributed by atoms with Crippen molar-refractivity contribution in [3.05, 3.63) is 366 Å². The number of nitrogens with one attached hydrogen (secondary N) is 1. The third-order valence-electron chi connectivity index (χ3n) is 19.3. The Bertz CT molecular complexity index is 5520. The average molecular weight is 1350 g/mol. The molecule has 0 saturated carbocycles. The van der Waals surface area contributed by atoms with Gasteiger partial charge >= 0.3 is 0 Å². The summed E-state index contributed by atoms with van der Waals surface area (Å²) < 4.78 is 40.1. The van der Waals surface area contributed by atoms with E-state index in [9.17, 15) is 8.78 Å². The lowest BCUT2D eigenvalue weighted by Crippen LogP contribution is -2.30. The van der Waals surface area contributed by atoms with E-state index in [1.54, 1.807) is 12.1 Å². The molecule has 99 heavy (non-hydrogen) atoms. The van der Waals surface area contributed by atoms with Crippen molar-refractivity contribution in [3.8, 4) is 22.3 Å². The van der Waals surface area contributed by atoms with Crippen LogP contribution >= 0.6 is 15.9 Å². The molecule has 2 aliphatic heterocycles. The normalized spacial score (nSPS) is 13.1. The molecule has 1 N–H and O–H groups in total. The lowest BCUT2D eigenvalue weighted by molar-refractivity contribution is 0.627. The number of benzene rings is 14. The summed E-state index contributed by atoms with van der Waals surface area (Å²) in [5.41, 5.74) is 24.6. The van der Waals surface area contributed by atoms with Crippen LogP contribution < -0.4 is 20.0 Å². The molecule has 9 heteroatoms. The van der Waals surface area contributed by atoms with Gasteiger partial charge in [-0.05, 0) is 191 Å². The second-order valence-corrected chi connectivity index (χ2v) is 27.0. The topological polar surface area (TPSA) is 48.0 Å². The maximum atomic E-state index is 13.9. The van der Waals surface area contributed by atoms with E-state index in [4.69, 9.17) is 8.83 Å². The summed E-state index contributed by atoms with van der Waals surface area (Å²) in [4.78, 5) is 6.96. The van der Waals surface area contributed by atoms with Crippen LogP contribution in [0.1, 0.15) is 49.9 Å². The molecule has 480 valence electrons. The SMILES string of the molecule is CC1(C)c2ccccc2N(c2cc(-c3ccc(N(c4ccccc4)c4ccc(F)cc4)cc3)c3oc4ccccc4c3c2)c2ccccc21.CC1(C)c2ccccc2N(c2cc(-c3ccc(Nc4ccccc4)cc3)c3oc4ccccc4c3c2)c2ccccc21.Fc1ccc(Br)cc1. The number of furan rings is 2. The highest BCUT2D eigenvalue weighted by molar-refractivity contribution is 9.10. The molecule has 0 bridgehead atoms. The van der Waals surface area contributed by atoms with Crippen LogP contribution in [-0.2, 0) is 10.8 Å². The molecule has 6 nitrogen and oxygen atoms in total. The molecular formula is C90H67BrF2N4O2. The molecule has 0 fully saturated rings. The first-order chi connectivity index (χ1) is 48.3. The fraction of sp³-hybridized carbons (Fsp3) is 0.0667. The van der Waals surface area contributed by atoms with Crippen LogP contribution in [0.15, 0.2) is 341 Å². The summed E-state index contributed by atoms with van der Waals surface area (Å²) in [5, 5.41) is 7.90. The van der Waals surface area contributed by atoms with Gasteiger partial charge in [0.15, 0.2) is 0 Å². The lowest BCUT2D eigenvalue weighted by Gasteiger charge is -2.42.